The molecule has 0 fully saturated rings. The van der Waals surface area contributed by atoms with Gasteiger partial charge in [0.05, 0.1) is 0 Å². The third-order valence-corrected chi connectivity index (χ3v) is 10.1. The summed E-state index contributed by atoms with van der Waals surface area (Å²) in [6.07, 6.45) is 0.961. The maximum Gasteiger partial charge on any atom is 0.0165 e. The fraction of sp³-hybridized carbons (Fsp3) is 0.200. The van der Waals surface area contributed by atoms with E-state index in [1.807, 2.05) is 0 Å². The molecule has 2 aliphatic rings. The lowest BCUT2D eigenvalue weighted by atomic mass is 9.66. The van der Waals surface area contributed by atoms with E-state index in [1.165, 1.54) is 71.6 Å². The summed E-state index contributed by atoms with van der Waals surface area (Å²) in [7, 11) is 0. The molecule has 0 radical (unpaired) electrons. The Balaban J connectivity index is 1.50. The normalized spacial score (nSPS) is 15.7. The third-order valence-electron chi connectivity index (χ3n) is 10.1. The van der Waals surface area contributed by atoms with E-state index in [-0.39, 0.29) is 16.7 Å². The summed E-state index contributed by atoms with van der Waals surface area (Å²) in [5.41, 5.74) is 13.0. The first-order valence-corrected chi connectivity index (χ1v) is 14.6. The molecular formula is C40H34. The minimum absolute atomic E-state index is 0.00498. The van der Waals surface area contributed by atoms with Crippen molar-refractivity contribution >= 4 is 21.5 Å². The van der Waals surface area contributed by atoms with Gasteiger partial charge >= 0.3 is 0 Å². The van der Waals surface area contributed by atoms with E-state index in [0.29, 0.717) is 0 Å². The highest BCUT2D eigenvalue weighted by atomic mass is 14.5. The van der Waals surface area contributed by atoms with E-state index < -0.39 is 0 Å². The first-order valence-electron chi connectivity index (χ1n) is 14.6. The fourth-order valence-electron chi connectivity index (χ4n) is 8.15. The van der Waals surface area contributed by atoms with Crippen molar-refractivity contribution in [3.8, 4) is 11.1 Å². The Bertz CT molecular complexity index is 1920. The molecule has 0 heteroatoms. The van der Waals surface area contributed by atoms with Gasteiger partial charge in [0.15, 0.2) is 0 Å². The molecule has 0 aliphatic heterocycles. The van der Waals surface area contributed by atoms with Gasteiger partial charge in [-0.15, -0.1) is 0 Å². The standard InChI is InChI=1S/C40H34/c1-39(2)32-20-13-21-33-36(32)37-34(39)23-22-28-31(27-18-11-12-19-29(27)38(35(28)37)40(33,3)4)24-30(25-14-7-5-8-15-25)26-16-9-6-10-17-26/h5-23,30H,24H2,1-4H3. The Morgan fingerprint density at radius 3 is 1.68 bits per heavy atom. The molecule has 194 valence electrons. The second kappa shape index (κ2) is 8.18. The summed E-state index contributed by atoms with van der Waals surface area (Å²) in [5.74, 6) is 0.281. The monoisotopic (exact) mass is 514 g/mol. The lowest BCUT2D eigenvalue weighted by molar-refractivity contribution is 0.643. The van der Waals surface area contributed by atoms with E-state index in [0.717, 1.165) is 6.42 Å². The van der Waals surface area contributed by atoms with Gasteiger partial charge in [-0.25, -0.2) is 0 Å². The van der Waals surface area contributed by atoms with Gasteiger partial charge in [-0.05, 0) is 78.0 Å². The lowest BCUT2D eigenvalue weighted by Crippen LogP contribution is -2.24. The maximum atomic E-state index is 2.46. The second-order valence-electron chi connectivity index (χ2n) is 12.9. The molecule has 0 spiro atoms. The minimum atomic E-state index is -0.0912. The van der Waals surface area contributed by atoms with Crippen molar-refractivity contribution in [2.45, 2.75) is 50.9 Å². The van der Waals surface area contributed by atoms with Crippen molar-refractivity contribution < 1.29 is 0 Å². The smallest absolute Gasteiger partial charge is 0.0165 e. The van der Waals surface area contributed by atoms with Crippen LogP contribution in [-0.2, 0) is 17.3 Å². The zero-order chi connectivity index (χ0) is 27.2. The van der Waals surface area contributed by atoms with E-state index in [4.69, 9.17) is 0 Å². The Morgan fingerprint density at radius 1 is 0.475 bits per heavy atom. The van der Waals surface area contributed by atoms with Crippen molar-refractivity contribution in [3.05, 3.63) is 154 Å². The molecule has 0 saturated carbocycles. The fourth-order valence-corrected chi connectivity index (χ4v) is 8.15. The predicted octanol–water partition coefficient (Wildman–Crippen LogP) is 10.3. The van der Waals surface area contributed by atoms with Crippen molar-refractivity contribution in [2.75, 3.05) is 0 Å². The molecule has 40 heavy (non-hydrogen) atoms. The Kier molecular flexibility index (Phi) is 4.85. The van der Waals surface area contributed by atoms with Gasteiger partial charge < -0.3 is 0 Å². The van der Waals surface area contributed by atoms with Gasteiger partial charge in [0.1, 0.15) is 0 Å². The number of hydrogen-bond acceptors (Lipinski definition) is 0. The predicted molar refractivity (Wildman–Crippen MR) is 170 cm³/mol. The Hall–Kier alpha value is -4.16. The molecule has 0 aromatic heterocycles. The molecule has 0 N–H and O–H groups in total. The van der Waals surface area contributed by atoms with Crippen LogP contribution in [-0.4, -0.2) is 0 Å². The SMILES string of the molecule is CC1(C)c2cccc3c2-c2c1ccc1c(CC(c4ccccc4)c4ccccc4)c4ccccc4c(c21)C3(C)C. The van der Waals surface area contributed by atoms with Crippen LogP contribution in [0.5, 0.6) is 0 Å². The quantitative estimate of drug-likeness (QED) is 0.205. The van der Waals surface area contributed by atoms with Crippen LogP contribution >= 0.6 is 0 Å². The second-order valence-corrected chi connectivity index (χ2v) is 12.9. The molecule has 6 aromatic rings. The summed E-state index contributed by atoms with van der Waals surface area (Å²) in [4.78, 5) is 0. The third kappa shape index (κ3) is 3.02. The highest BCUT2D eigenvalue weighted by molar-refractivity contribution is 6.16. The zero-order valence-corrected chi connectivity index (χ0v) is 23.8. The topological polar surface area (TPSA) is 0 Å². The molecule has 0 unspecified atom stereocenters. The Labute approximate surface area is 237 Å². The summed E-state index contributed by atoms with van der Waals surface area (Å²) >= 11 is 0. The average Bonchev–Trinajstić information content (AvgIpc) is 3.22. The molecule has 0 atom stereocenters. The number of rotatable bonds is 4. The van der Waals surface area contributed by atoms with E-state index in [9.17, 15) is 0 Å². The van der Waals surface area contributed by atoms with Crippen LogP contribution in [0.15, 0.2) is 115 Å². The minimum Gasteiger partial charge on any atom is -0.0622 e. The average molecular weight is 515 g/mol. The number of fused-ring (bicyclic) bond motifs is 2. The molecule has 0 heterocycles. The first kappa shape index (κ1) is 23.7. The van der Waals surface area contributed by atoms with Gasteiger partial charge in [0.2, 0.25) is 0 Å². The van der Waals surface area contributed by atoms with Crippen LogP contribution in [0.3, 0.4) is 0 Å². The van der Waals surface area contributed by atoms with Crippen molar-refractivity contribution in [3.63, 3.8) is 0 Å². The van der Waals surface area contributed by atoms with Gasteiger partial charge in [-0.1, -0.05) is 143 Å². The van der Waals surface area contributed by atoms with Crippen LogP contribution in [0.25, 0.3) is 32.7 Å². The molecular weight excluding hydrogens is 480 g/mol. The molecule has 0 nitrogen and oxygen atoms in total. The molecule has 0 amide bonds. The summed E-state index contributed by atoms with van der Waals surface area (Å²) < 4.78 is 0. The lowest BCUT2D eigenvalue weighted by Gasteiger charge is -2.37. The zero-order valence-electron chi connectivity index (χ0n) is 23.8. The van der Waals surface area contributed by atoms with Gasteiger partial charge in [0, 0.05) is 16.7 Å². The van der Waals surface area contributed by atoms with E-state index in [2.05, 4.69) is 143 Å². The molecule has 2 aliphatic carbocycles. The Morgan fingerprint density at radius 2 is 1.02 bits per heavy atom. The van der Waals surface area contributed by atoms with Crippen LogP contribution in [0.1, 0.15) is 72.6 Å². The van der Waals surface area contributed by atoms with E-state index in [1.54, 1.807) is 0 Å². The van der Waals surface area contributed by atoms with Gasteiger partial charge in [-0.2, -0.15) is 0 Å². The molecule has 0 saturated heterocycles. The van der Waals surface area contributed by atoms with Crippen molar-refractivity contribution in [1.29, 1.82) is 0 Å². The van der Waals surface area contributed by atoms with Crippen molar-refractivity contribution in [1.82, 2.24) is 0 Å². The molecule has 8 rings (SSSR count). The van der Waals surface area contributed by atoms with E-state index >= 15 is 0 Å². The number of hydrogen-bond donors (Lipinski definition) is 0. The summed E-state index contributed by atoms with van der Waals surface area (Å²) in [6, 6.07) is 43.3. The summed E-state index contributed by atoms with van der Waals surface area (Å²) in [6.45, 7) is 9.71. The highest BCUT2D eigenvalue weighted by Crippen LogP contribution is 2.61. The van der Waals surface area contributed by atoms with Gasteiger partial charge in [0.25, 0.3) is 0 Å². The molecule has 6 aromatic carbocycles. The molecule has 0 bridgehead atoms. The number of benzene rings is 6. The largest absolute Gasteiger partial charge is 0.0622 e. The van der Waals surface area contributed by atoms with Gasteiger partial charge in [-0.3, -0.25) is 0 Å². The highest BCUT2D eigenvalue weighted by Gasteiger charge is 2.45. The maximum absolute atomic E-state index is 2.46. The van der Waals surface area contributed by atoms with Crippen LogP contribution in [0.2, 0.25) is 0 Å². The first-order chi connectivity index (χ1) is 19.4. The summed E-state index contributed by atoms with van der Waals surface area (Å²) in [5, 5.41) is 5.72. The van der Waals surface area contributed by atoms with Crippen LogP contribution in [0.4, 0.5) is 0 Å². The van der Waals surface area contributed by atoms with Crippen LogP contribution < -0.4 is 0 Å². The van der Waals surface area contributed by atoms with Crippen molar-refractivity contribution in [2.24, 2.45) is 0 Å². The van der Waals surface area contributed by atoms with Crippen LogP contribution in [0, 0.1) is 0 Å².